The molecule has 1 aliphatic carbocycles. The van der Waals surface area contributed by atoms with Gasteiger partial charge in [0, 0.05) is 0 Å². The molecule has 1 N–H and O–H groups in total. The minimum absolute atomic E-state index is 0.374. The van der Waals surface area contributed by atoms with Crippen LogP contribution < -0.4 is 0 Å². The van der Waals surface area contributed by atoms with Gasteiger partial charge in [-0.1, -0.05) is 12.5 Å². The number of allylic oxidation sites excluding steroid dienone is 1. The zero-order valence-corrected chi connectivity index (χ0v) is 8.05. The molecule has 0 aromatic carbocycles. The van der Waals surface area contributed by atoms with Crippen molar-refractivity contribution in [1.82, 2.24) is 0 Å². The molecule has 0 aromatic rings. The van der Waals surface area contributed by atoms with Gasteiger partial charge in [0.25, 0.3) is 0 Å². The third kappa shape index (κ3) is 2.34. The number of hydrogen-bond acceptors (Lipinski definition) is 1. The van der Waals surface area contributed by atoms with Crippen LogP contribution in [0.1, 0.15) is 45.4 Å². The fourth-order valence-electron chi connectivity index (χ4n) is 2.19. The number of unbranched alkanes of at least 4 members (excludes halogenated alkanes) is 1. The van der Waals surface area contributed by atoms with Crippen molar-refractivity contribution in [2.45, 2.75) is 51.0 Å². The zero-order chi connectivity index (χ0) is 9.03. The van der Waals surface area contributed by atoms with Gasteiger partial charge in [-0.25, -0.2) is 0 Å². The topological polar surface area (TPSA) is 20.2 Å². The second-order valence-corrected chi connectivity index (χ2v) is 4.17. The van der Waals surface area contributed by atoms with Crippen molar-refractivity contribution in [3.63, 3.8) is 0 Å². The predicted octanol–water partition coefficient (Wildman–Crippen LogP) is 2.89. The molecule has 2 atom stereocenters. The molecule has 1 unspecified atom stereocenters. The number of aliphatic hydroxyl groups is 1. The minimum atomic E-state index is -0.374. The fraction of sp³-hybridized carbons (Fsp3) is 0.818. The first kappa shape index (κ1) is 9.79. The summed E-state index contributed by atoms with van der Waals surface area (Å²) in [5, 5.41) is 9.93. The molecule has 1 saturated carbocycles. The summed E-state index contributed by atoms with van der Waals surface area (Å²) in [5.41, 5.74) is -0.374. The first-order valence-electron chi connectivity index (χ1n) is 5.00. The summed E-state index contributed by atoms with van der Waals surface area (Å²) < 4.78 is 0. The second kappa shape index (κ2) is 4.08. The van der Waals surface area contributed by atoms with Crippen LogP contribution in [-0.4, -0.2) is 10.7 Å². The van der Waals surface area contributed by atoms with Gasteiger partial charge in [0.2, 0.25) is 0 Å². The average molecular weight is 168 g/mol. The SMILES string of the molecule is C=CCCCC1CCC[C@]1(C)O. The van der Waals surface area contributed by atoms with Crippen LogP contribution in [0.25, 0.3) is 0 Å². The number of hydrogen-bond donors (Lipinski definition) is 1. The van der Waals surface area contributed by atoms with Crippen molar-refractivity contribution < 1.29 is 5.11 Å². The Labute approximate surface area is 75.5 Å². The van der Waals surface area contributed by atoms with Gasteiger partial charge >= 0.3 is 0 Å². The standard InChI is InChI=1S/C11H20O/c1-3-4-5-7-10-8-6-9-11(10,2)12/h3,10,12H,1,4-9H2,2H3/t10?,11-/m0/s1. The highest BCUT2D eigenvalue weighted by Crippen LogP contribution is 2.38. The summed E-state index contributed by atoms with van der Waals surface area (Å²) in [4.78, 5) is 0. The molecule has 1 nitrogen and oxygen atoms in total. The lowest BCUT2D eigenvalue weighted by atomic mass is 9.88. The summed E-state index contributed by atoms with van der Waals surface area (Å²) in [5.74, 6) is 0.539. The Morgan fingerprint density at radius 2 is 2.42 bits per heavy atom. The minimum Gasteiger partial charge on any atom is -0.390 e. The van der Waals surface area contributed by atoms with Gasteiger partial charge in [-0.3, -0.25) is 0 Å². The van der Waals surface area contributed by atoms with Gasteiger partial charge in [0.15, 0.2) is 0 Å². The molecule has 70 valence electrons. The Morgan fingerprint density at radius 3 is 2.92 bits per heavy atom. The molecule has 0 aliphatic heterocycles. The van der Waals surface area contributed by atoms with E-state index in [-0.39, 0.29) is 5.60 Å². The summed E-state index contributed by atoms with van der Waals surface area (Å²) in [6, 6.07) is 0. The maximum Gasteiger partial charge on any atom is 0.0647 e. The molecule has 0 spiro atoms. The van der Waals surface area contributed by atoms with Crippen molar-refractivity contribution in [3.05, 3.63) is 12.7 Å². The summed E-state index contributed by atoms with van der Waals surface area (Å²) >= 11 is 0. The molecule has 1 aliphatic rings. The van der Waals surface area contributed by atoms with Gasteiger partial charge in [0.1, 0.15) is 0 Å². The van der Waals surface area contributed by atoms with E-state index >= 15 is 0 Å². The van der Waals surface area contributed by atoms with Crippen LogP contribution in [0.5, 0.6) is 0 Å². The van der Waals surface area contributed by atoms with E-state index in [1.165, 1.54) is 25.7 Å². The second-order valence-electron chi connectivity index (χ2n) is 4.17. The van der Waals surface area contributed by atoms with Crippen LogP contribution in [0, 0.1) is 5.92 Å². The van der Waals surface area contributed by atoms with Crippen molar-refractivity contribution in [3.8, 4) is 0 Å². The Bertz CT molecular complexity index is 149. The van der Waals surface area contributed by atoms with Crippen LogP contribution in [0.2, 0.25) is 0 Å². The van der Waals surface area contributed by atoms with Gasteiger partial charge in [0.05, 0.1) is 5.60 Å². The highest BCUT2D eigenvalue weighted by Gasteiger charge is 2.35. The van der Waals surface area contributed by atoms with Crippen molar-refractivity contribution in [1.29, 1.82) is 0 Å². The first-order chi connectivity index (χ1) is 5.67. The third-order valence-corrected chi connectivity index (χ3v) is 3.08. The fourth-order valence-corrected chi connectivity index (χ4v) is 2.19. The maximum absolute atomic E-state index is 9.93. The van der Waals surface area contributed by atoms with Crippen LogP contribution in [0.15, 0.2) is 12.7 Å². The Hall–Kier alpha value is -0.300. The van der Waals surface area contributed by atoms with Crippen molar-refractivity contribution in [2.75, 3.05) is 0 Å². The molecule has 12 heavy (non-hydrogen) atoms. The van der Waals surface area contributed by atoms with Crippen LogP contribution in [0.4, 0.5) is 0 Å². The van der Waals surface area contributed by atoms with E-state index in [1.54, 1.807) is 0 Å². The van der Waals surface area contributed by atoms with E-state index < -0.39 is 0 Å². The molecular formula is C11H20O. The molecule has 0 radical (unpaired) electrons. The summed E-state index contributed by atoms with van der Waals surface area (Å²) in [7, 11) is 0. The Balaban J connectivity index is 2.26. The van der Waals surface area contributed by atoms with Crippen LogP contribution in [0.3, 0.4) is 0 Å². The van der Waals surface area contributed by atoms with Gasteiger partial charge in [-0.05, 0) is 44.9 Å². The quantitative estimate of drug-likeness (QED) is 0.505. The molecule has 1 rings (SSSR count). The smallest absolute Gasteiger partial charge is 0.0647 e. The van der Waals surface area contributed by atoms with Crippen LogP contribution >= 0.6 is 0 Å². The normalized spacial score (nSPS) is 35.3. The van der Waals surface area contributed by atoms with Crippen molar-refractivity contribution >= 4 is 0 Å². The van der Waals surface area contributed by atoms with Crippen molar-refractivity contribution in [2.24, 2.45) is 5.92 Å². The van der Waals surface area contributed by atoms with E-state index in [0.717, 1.165) is 12.8 Å². The monoisotopic (exact) mass is 168 g/mol. The molecule has 0 bridgehead atoms. The molecule has 0 aromatic heterocycles. The summed E-state index contributed by atoms with van der Waals surface area (Å²) in [6.45, 7) is 5.68. The molecule has 0 heterocycles. The van der Waals surface area contributed by atoms with Crippen LogP contribution in [-0.2, 0) is 0 Å². The third-order valence-electron chi connectivity index (χ3n) is 3.08. The lowest BCUT2D eigenvalue weighted by Gasteiger charge is -2.25. The van der Waals surface area contributed by atoms with Gasteiger partial charge in [-0.2, -0.15) is 0 Å². The molecule has 1 fully saturated rings. The Morgan fingerprint density at radius 1 is 1.67 bits per heavy atom. The molecule has 1 heteroatoms. The highest BCUT2D eigenvalue weighted by atomic mass is 16.3. The molecule has 0 saturated heterocycles. The van der Waals surface area contributed by atoms with E-state index in [9.17, 15) is 5.11 Å². The molecule has 0 amide bonds. The summed E-state index contributed by atoms with van der Waals surface area (Å²) in [6.07, 6.45) is 8.81. The first-order valence-corrected chi connectivity index (χ1v) is 5.00. The highest BCUT2D eigenvalue weighted by molar-refractivity contribution is 4.88. The Kier molecular flexibility index (Phi) is 3.33. The molecular weight excluding hydrogens is 148 g/mol. The predicted molar refractivity (Wildman–Crippen MR) is 52.0 cm³/mol. The average Bonchev–Trinajstić information content (AvgIpc) is 2.32. The number of rotatable bonds is 4. The lowest BCUT2D eigenvalue weighted by Crippen LogP contribution is -2.28. The van der Waals surface area contributed by atoms with E-state index in [0.29, 0.717) is 5.92 Å². The van der Waals surface area contributed by atoms with Gasteiger partial charge < -0.3 is 5.11 Å². The van der Waals surface area contributed by atoms with E-state index in [1.807, 2.05) is 13.0 Å². The maximum atomic E-state index is 9.93. The van der Waals surface area contributed by atoms with E-state index in [2.05, 4.69) is 6.58 Å². The van der Waals surface area contributed by atoms with Gasteiger partial charge in [-0.15, -0.1) is 6.58 Å². The largest absolute Gasteiger partial charge is 0.390 e. The zero-order valence-electron chi connectivity index (χ0n) is 8.05. The lowest BCUT2D eigenvalue weighted by molar-refractivity contribution is 0.0173. The van der Waals surface area contributed by atoms with E-state index in [4.69, 9.17) is 0 Å².